The van der Waals surface area contributed by atoms with Gasteiger partial charge in [0.25, 0.3) is 0 Å². The number of amides is 3. The summed E-state index contributed by atoms with van der Waals surface area (Å²) in [5.74, 6) is -3.03. The topological polar surface area (TPSA) is 125 Å². The Balaban J connectivity index is 1.63. The van der Waals surface area contributed by atoms with E-state index in [-0.39, 0.29) is 42.8 Å². The molecule has 0 radical (unpaired) electrons. The normalized spacial score (nSPS) is 30.3. The fraction of sp³-hybridized carbons (Fsp3) is 0.758. The van der Waals surface area contributed by atoms with Crippen LogP contribution in [-0.2, 0) is 28.7 Å². The number of likely N-dealkylation sites (tertiary alicyclic amines) is 1. The number of aliphatic hydroxyl groups is 1. The van der Waals surface area contributed by atoms with Crippen LogP contribution in [0.25, 0.3) is 0 Å². The zero-order valence-electron chi connectivity index (χ0n) is 26.2. The molecular formula is C33H51N3O7. The van der Waals surface area contributed by atoms with Gasteiger partial charge in [-0.05, 0) is 44.9 Å². The van der Waals surface area contributed by atoms with E-state index < -0.39 is 47.7 Å². The summed E-state index contributed by atoms with van der Waals surface area (Å²) in [6.07, 6.45) is 9.83. The lowest BCUT2D eigenvalue weighted by molar-refractivity contribution is -0.160. The molecule has 0 aromatic heterocycles. The van der Waals surface area contributed by atoms with Crippen LogP contribution in [0.1, 0.15) is 85.0 Å². The van der Waals surface area contributed by atoms with Gasteiger partial charge in [-0.2, -0.15) is 0 Å². The second-order valence-corrected chi connectivity index (χ2v) is 12.9. The number of nitrogens with zero attached hydrogens (tertiary/aromatic N) is 2. The lowest BCUT2D eigenvalue weighted by Crippen LogP contribution is -2.61. The van der Waals surface area contributed by atoms with E-state index in [1.165, 1.54) is 0 Å². The van der Waals surface area contributed by atoms with Crippen LogP contribution < -0.4 is 5.32 Å². The predicted molar refractivity (Wildman–Crippen MR) is 162 cm³/mol. The van der Waals surface area contributed by atoms with Crippen molar-refractivity contribution < 1.29 is 33.8 Å². The smallest absolute Gasteiger partial charge is 0.312 e. The average molecular weight is 602 g/mol. The van der Waals surface area contributed by atoms with Gasteiger partial charge in [-0.15, -0.1) is 13.2 Å². The Morgan fingerprint density at radius 1 is 1.19 bits per heavy atom. The first-order valence-electron chi connectivity index (χ1n) is 16.2. The number of rotatable bonds is 15. The molecule has 2 bridgehead atoms. The maximum Gasteiger partial charge on any atom is 0.312 e. The van der Waals surface area contributed by atoms with E-state index in [1.807, 2.05) is 18.7 Å². The molecule has 0 aromatic rings. The summed E-state index contributed by atoms with van der Waals surface area (Å²) in [5, 5.41) is 13.3. The second-order valence-electron chi connectivity index (χ2n) is 12.9. The summed E-state index contributed by atoms with van der Waals surface area (Å²) in [6, 6.07) is -1.49. The molecule has 2 N–H and O–H groups in total. The lowest BCUT2D eigenvalue weighted by Gasteiger charge is -2.43. The number of carbonyl (C=O) groups is 4. The molecule has 4 aliphatic rings. The summed E-state index contributed by atoms with van der Waals surface area (Å²) in [4.78, 5) is 58.3. The first kappa shape index (κ1) is 33.2. The molecule has 3 saturated heterocycles. The average Bonchev–Trinajstić information content (AvgIpc) is 3.65. The van der Waals surface area contributed by atoms with Crippen molar-refractivity contribution in [2.45, 2.75) is 121 Å². The highest BCUT2D eigenvalue weighted by atomic mass is 16.6. The number of fused-ring (bicyclic) bond motifs is 1. The minimum Gasteiger partial charge on any atom is -0.460 e. The molecule has 10 nitrogen and oxygen atoms in total. The third kappa shape index (κ3) is 6.41. The van der Waals surface area contributed by atoms with Crippen molar-refractivity contribution in [2.24, 2.45) is 17.8 Å². The zero-order valence-corrected chi connectivity index (χ0v) is 26.2. The summed E-state index contributed by atoms with van der Waals surface area (Å²) in [7, 11) is 0. The highest BCUT2D eigenvalue weighted by Crippen LogP contribution is 2.59. The Hall–Kier alpha value is -2.72. The van der Waals surface area contributed by atoms with Crippen molar-refractivity contribution in [3.63, 3.8) is 0 Å². The Kier molecular flexibility index (Phi) is 11.1. The number of hydrogen-bond acceptors (Lipinski definition) is 7. The SMILES string of the molecule is C=CCCC(=O)NC[C@@H](C)OC(=O)[C@@H]1[C@H]2C(=O)N([C@@H](CO)[C@@H](C)CC)[C@H](C(=O)N(CC=C)C3CCCCC3)[C@]23CC[C@H]1O3. The van der Waals surface area contributed by atoms with Crippen molar-refractivity contribution in [3.8, 4) is 0 Å². The monoisotopic (exact) mass is 601 g/mol. The first-order valence-corrected chi connectivity index (χ1v) is 16.2. The summed E-state index contributed by atoms with van der Waals surface area (Å²) >= 11 is 0. The van der Waals surface area contributed by atoms with Crippen molar-refractivity contribution in [2.75, 3.05) is 19.7 Å². The van der Waals surface area contributed by atoms with Crippen LogP contribution in [0.3, 0.4) is 0 Å². The van der Waals surface area contributed by atoms with Gasteiger partial charge in [0.15, 0.2) is 0 Å². The molecule has 1 aliphatic carbocycles. The van der Waals surface area contributed by atoms with E-state index in [1.54, 1.807) is 24.0 Å². The molecule has 0 unspecified atom stereocenters. The quantitative estimate of drug-likeness (QED) is 0.218. The van der Waals surface area contributed by atoms with Gasteiger partial charge in [-0.1, -0.05) is 51.7 Å². The molecule has 240 valence electrons. The highest BCUT2D eigenvalue weighted by molar-refractivity contribution is 5.98. The Morgan fingerprint density at radius 2 is 1.91 bits per heavy atom. The van der Waals surface area contributed by atoms with Crippen LogP contribution in [0.4, 0.5) is 0 Å². The second kappa shape index (κ2) is 14.4. The lowest BCUT2D eigenvalue weighted by atomic mass is 9.70. The Bertz CT molecular complexity index is 1060. The van der Waals surface area contributed by atoms with Gasteiger partial charge >= 0.3 is 5.97 Å². The molecule has 43 heavy (non-hydrogen) atoms. The molecule has 4 rings (SSSR count). The fourth-order valence-electron chi connectivity index (χ4n) is 7.82. The molecule has 10 heteroatoms. The maximum atomic E-state index is 14.7. The van der Waals surface area contributed by atoms with E-state index in [9.17, 15) is 24.3 Å². The van der Waals surface area contributed by atoms with E-state index in [0.29, 0.717) is 38.6 Å². The van der Waals surface area contributed by atoms with Crippen LogP contribution >= 0.6 is 0 Å². The number of nitrogens with one attached hydrogen (secondary N) is 1. The standard InChI is InChI=1S/C33H51N3O7/c1-6-9-15-26(38)34-19-22(5)42-32(41)27-25-16-17-33(43-25)28(27)30(39)36(24(20-37)21(4)8-3)29(33)31(40)35(18-7-2)23-13-11-10-12-14-23/h6-7,21-25,27-29,37H,1-2,8-20H2,3-5H3,(H,34,38)/t21-,22+,24-,25+,27-,28-,29+,33-/m0/s1. The van der Waals surface area contributed by atoms with Gasteiger partial charge in [0, 0.05) is 19.0 Å². The predicted octanol–water partition coefficient (Wildman–Crippen LogP) is 3.13. The minimum absolute atomic E-state index is 0.0460. The van der Waals surface area contributed by atoms with E-state index in [2.05, 4.69) is 18.5 Å². The molecule has 3 amide bonds. The minimum atomic E-state index is -1.17. The van der Waals surface area contributed by atoms with Crippen LogP contribution in [0.15, 0.2) is 25.3 Å². The number of ether oxygens (including phenoxy) is 2. The molecule has 8 atom stereocenters. The van der Waals surface area contributed by atoms with E-state index in [0.717, 1.165) is 32.1 Å². The van der Waals surface area contributed by atoms with Gasteiger partial charge in [-0.25, -0.2) is 0 Å². The number of hydrogen-bond donors (Lipinski definition) is 2. The van der Waals surface area contributed by atoms with Gasteiger partial charge in [0.2, 0.25) is 17.7 Å². The number of allylic oxidation sites excluding steroid dienone is 1. The third-order valence-corrected chi connectivity index (χ3v) is 10.2. The number of aliphatic hydroxyl groups excluding tert-OH is 1. The van der Waals surface area contributed by atoms with Crippen LogP contribution in [0, 0.1) is 17.8 Å². The molecule has 1 saturated carbocycles. The van der Waals surface area contributed by atoms with Gasteiger partial charge in [0.05, 0.1) is 37.1 Å². The van der Waals surface area contributed by atoms with Crippen molar-refractivity contribution in [1.82, 2.24) is 15.1 Å². The summed E-state index contributed by atoms with van der Waals surface area (Å²) < 4.78 is 12.4. The Labute approximate surface area is 256 Å². The van der Waals surface area contributed by atoms with E-state index in [4.69, 9.17) is 9.47 Å². The maximum absolute atomic E-state index is 14.7. The van der Waals surface area contributed by atoms with Gasteiger partial charge in [-0.3, -0.25) is 19.2 Å². The fourth-order valence-corrected chi connectivity index (χ4v) is 7.82. The van der Waals surface area contributed by atoms with Crippen molar-refractivity contribution in [3.05, 3.63) is 25.3 Å². The summed E-state index contributed by atoms with van der Waals surface area (Å²) in [5.41, 5.74) is -1.17. The summed E-state index contributed by atoms with van der Waals surface area (Å²) in [6.45, 7) is 13.4. The van der Waals surface area contributed by atoms with Crippen molar-refractivity contribution >= 4 is 23.7 Å². The van der Waals surface area contributed by atoms with Crippen LogP contribution in [0.5, 0.6) is 0 Å². The number of carbonyl (C=O) groups excluding carboxylic acids is 4. The zero-order chi connectivity index (χ0) is 31.3. The third-order valence-electron chi connectivity index (χ3n) is 10.2. The molecule has 3 aliphatic heterocycles. The van der Waals surface area contributed by atoms with E-state index >= 15 is 0 Å². The molecule has 3 heterocycles. The molecule has 1 spiro atoms. The van der Waals surface area contributed by atoms with Crippen molar-refractivity contribution in [1.29, 1.82) is 0 Å². The van der Waals surface area contributed by atoms with Gasteiger partial charge in [0.1, 0.15) is 17.7 Å². The number of esters is 1. The first-order chi connectivity index (χ1) is 20.6. The molecule has 0 aromatic carbocycles. The largest absolute Gasteiger partial charge is 0.460 e. The van der Waals surface area contributed by atoms with Crippen LogP contribution in [-0.4, -0.2) is 94.2 Å². The Morgan fingerprint density at radius 3 is 2.53 bits per heavy atom. The molecular weight excluding hydrogens is 550 g/mol. The highest BCUT2D eigenvalue weighted by Gasteiger charge is 2.76. The molecule has 4 fully saturated rings. The van der Waals surface area contributed by atoms with Gasteiger partial charge < -0.3 is 29.7 Å². The van der Waals surface area contributed by atoms with Crippen LogP contribution in [0.2, 0.25) is 0 Å².